The molecule has 0 amide bonds. The van der Waals surface area contributed by atoms with Crippen molar-refractivity contribution in [2.75, 3.05) is 26.4 Å². The number of ketones is 1. The summed E-state index contributed by atoms with van der Waals surface area (Å²) in [6.07, 6.45) is 5.57. The first-order chi connectivity index (χ1) is 9.75. The molecule has 0 aromatic heterocycles. The summed E-state index contributed by atoms with van der Waals surface area (Å²) in [4.78, 5) is 11.7. The molecule has 1 spiro atoms. The molecule has 1 saturated heterocycles. The van der Waals surface area contributed by atoms with Gasteiger partial charge in [-0.3, -0.25) is 4.79 Å². The molecule has 2 saturated carbocycles. The average molecular weight is 282 g/mol. The maximum Gasteiger partial charge on any atom is 0.174 e. The lowest BCUT2D eigenvalue weighted by Crippen LogP contribution is -2.39. The monoisotopic (exact) mass is 282 g/mol. The van der Waals surface area contributed by atoms with Crippen molar-refractivity contribution in [1.82, 2.24) is 0 Å². The fourth-order valence-electron chi connectivity index (χ4n) is 4.22. The SMILES string of the molecule is CCCCOC[C@H]1C2CCC(=O)CC2CC12OCCO2. The van der Waals surface area contributed by atoms with Crippen LogP contribution in [0.2, 0.25) is 0 Å². The van der Waals surface area contributed by atoms with Crippen LogP contribution >= 0.6 is 0 Å². The number of unbranched alkanes of at least 4 members (excludes halogenated alkanes) is 1. The standard InChI is InChI=1S/C16H26O4/c1-2-3-6-18-11-15-14-5-4-13(17)9-12(14)10-16(15)19-7-8-20-16/h12,14-15H,2-11H2,1H3/t12?,14?,15-/m0/s1. The van der Waals surface area contributed by atoms with Gasteiger partial charge in [0.25, 0.3) is 0 Å². The van der Waals surface area contributed by atoms with E-state index in [1.165, 1.54) is 0 Å². The molecule has 3 rings (SSSR count). The van der Waals surface area contributed by atoms with Crippen molar-refractivity contribution in [3.8, 4) is 0 Å². The maximum atomic E-state index is 11.7. The Hall–Kier alpha value is -0.450. The Kier molecular flexibility index (Phi) is 4.43. The fourth-order valence-corrected chi connectivity index (χ4v) is 4.22. The number of rotatable bonds is 5. The molecular weight excluding hydrogens is 256 g/mol. The summed E-state index contributed by atoms with van der Waals surface area (Å²) < 4.78 is 17.8. The van der Waals surface area contributed by atoms with Gasteiger partial charge in [0.2, 0.25) is 0 Å². The highest BCUT2D eigenvalue weighted by Gasteiger charge is 2.58. The molecule has 0 N–H and O–H groups in total. The molecule has 4 heteroatoms. The number of hydrogen-bond acceptors (Lipinski definition) is 4. The Morgan fingerprint density at radius 2 is 2.15 bits per heavy atom. The van der Waals surface area contributed by atoms with Gasteiger partial charge in [0.1, 0.15) is 5.78 Å². The number of fused-ring (bicyclic) bond motifs is 1. The van der Waals surface area contributed by atoms with E-state index < -0.39 is 5.79 Å². The summed E-state index contributed by atoms with van der Waals surface area (Å²) in [6.45, 7) is 5.07. The quantitative estimate of drug-likeness (QED) is 0.727. The summed E-state index contributed by atoms with van der Waals surface area (Å²) in [5, 5.41) is 0. The molecular formula is C16H26O4. The van der Waals surface area contributed by atoms with E-state index in [4.69, 9.17) is 14.2 Å². The average Bonchev–Trinajstić information content (AvgIpc) is 3.00. The molecule has 4 nitrogen and oxygen atoms in total. The van der Waals surface area contributed by atoms with E-state index >= 15 is 0 Å². The van der Waals surface area contributed by atoms with Gasteiger partial charge in [-0.2, -0.15) is 0 Å². The van der Waals surface area contributed by atoms with Crippen molar-refractivity contribution in [3.63, 3.8) is 0 Å². The van der Waals surface area contributed by atoms with Crippen LogP contribution in [-0.4, -0.2) is 38.0 Å². The largest absolute Gasteiger partial charge is 0.381 e. The second-order valence-corrected chi connectivity index (χ2v) is 6.45. The van der Waals surface area contributed by atoms with Crippen LogP contribution in [0.15, 0.2) is 0 Å². The Labute approximate surface area is 121 Å². The molecule has 3 aliphatic rings. The van der Waals surface area contributed by atoms with E-state index in [1.54, 1.807) is 0 Å². The Morgan fingerprint density at radius 3 is 2.90 bits per heavy atom. The van der Waals surface area contributed by atoms with E-state index in [2.05, 4.69) is 6.92 Å². The summed E-state index contributed by atoms with van der Waals surface area (Å²) in [5.41, 5.74) is 0. The van der Waals surface area contributed by atoms with E-state index in [1.807, 2.05) is 0 Å². The van der Waals surface area contributed by atoms with Crippen LogP contribution in [0.3, 0.4) is 0 Å². The molecule has 0 aromatic rings. The lowest BCUT2D eigenvalue weighted by Gasteiger charge is -2.32. The first-order valence-corrected chi connectivity index (χ1v) is 8.12. The Bertz CT molecular complexity index is 348. The van der Waals surface area contributed by atoms with Gasteiger partial charge in [-0.15, -0.1) is 0 Å². The zero-order valence-corrected chi connectivity index (χ0v) is 12.4. The molecule has 20 heavy (non-hydrogen) atoms. The van der Waals surface area contributed by atoms with Gasteiger partial charge in [-0.05, 0) is 24.7 Å². The predicted octanol–water partition coefficient (Wildman–Crippen LogP) is 2.55. The first-order valence-electron chi connectivity index (χ1n) is 8.12. The van der Waals surface area contributed by atoms with Crippen molar-refractivity contribution in [2.45, 2.75) is 51.2 Å². The molecule has 0 radical (unpaired) electrons. The highest BCUT2D eigenvalue weighted by molar-refractivity contribution is 5.79. The predicted molar refractivity (Wildman–Crippen MR) is 74.3 cm³/mol. The molecule has 1 heterocycles. The Balaban J connectivity index is 1.67. The van der Waals surface area contributed by atoms with Crippen LogP contribution in [-0.2, 0) is 19.0 Å². The van der Waals surface area contributed by atoms with Gasteiger partial charge in [-0.1, -0.05) is 13.3 Å². The zero-order chi connectivity index (χ0) is 14.0. The molecule has 3 fully saturated rings. The molecule has 114 valence electrons. The first kappa shape index (κ1) is 14.5. The fraction of sp³-hybridized carbons (Fsp3) is 0.938. The third-order valence-corrected chi connectivity index (χ3v) is 5.20. The number of Topliss-reactive ketones (excluding diaryl/α,β-unsaturated/α-hetero) is 1. The molecule has 2 aliphatic carbocycles. The van der Waals surface area contributed by atoms with Gasteiger partial charge < -0.3 is 14.2 Å². The van der Waals surface area contributed by atoms with E-state index in [0.29, 0.717) is 43.2 Å². The molecule has 2 unspecified atom stereocenters. The minimum absolute atomic E-state index is 0.306. The summed E-state index contributed by atoms with van der Waals surface area (Å²) >= 11 is 0. The van der Waals surface area contributed by atoms with Crippen LogP contribution in [0.4, 0.5) is 0 Å². The number of ether oxygens (including phenoxy) is 3. The maximum absolute atomic E-state index is 11.7. The number of hydrogen-bond donors (Lipinski definition) is 0. The molecule has 3 atom stereocenters. The Morgan fingerprint density at radius 1 is 1.35 bits per heavy atom. The van der Waals surface area contributed by atoms with Crippen LogP contribution in [0.25, 0.3) is 0 Å². The molecule has 1 aliphatic heterocycles. The van der Waals surface area contributed by atoms with E-state index in [0.717, 1.165) is 45.3 Å². The van der Waals surface area contributed by atoms with E-state index in [-0.39, 0.29) is 0 Å². The minimum Gasteiger partial charge on any atom is -0.381 e. The second-order valence-electron chi connectivity index (χ2n) is 6.45. The molecule has 0 aromatic carbocycles. The highest BCUT2D eigenvalue weighted by Crippen LogP contribution is 2.53. The summed E-state index contributed by atoms with van der Waals surface area (Å²) in [5.74, 6) is 1.24. The number of carbonyl (C=O) groups excluding carboxylic acids is 1. The van der Waals surface area contributed by atoms with Crippen molar-refractivity contribution < 1.29 is 19.0 Å². The lowest BCUT2D eigenvalue weighted by atomic mass is 9.77. The van der Waals surface area contributed by atoms with Crippen molar-refractivity contribution >= 4 is 5.78 Å². The van der Waals surface area contributed by atoms with Crippen LogP contribution in [0.1, 0.15) is 45.4 Å². The van der Waals surface area contributed by atoms with Gasteiger partial charge in [0.15, 0.2) is 5.79 Å². The van der Waals surface area contributed by atoms with Crippen LogP contribution < -0.4 is 0 Å². The lowest BCUT2D eigenvalue weighted by molar-refractivity contribution is -0.198. The third kappa shape index (κ3) is 2.66. The second kappa shape index (κ2) is 6.12. The van der Waals surface area contributed by atoms with Crippen LogP contribution in [0, 0.1) is 17.8 Å². The van der Waals surface area contributed by atoms with Crippen LogP contribution in [0.5, 0.6) is 0 Å². The van der Waals surface area contributed by atoms with Gasteiger partial charge in [0.05, 0.1) is 19.8 Å². The van der Waals surface area contributed by atoms with E-state index in [9.17, 15) is 4.79 Å². The van der Waals surface area contributed by atoms with Crippen molar-refractivity contribution in [3.05, 3.63) is 0 Å². The smallest absolute Gasteiger partial charge is 0.174 e. The minimum atomic E-state index is -0.452. The topological polar surface area (TPSA) is 44.8 Å². The van der Waals surface area contributed by atoms with Gasteiger partial charge in [0, 0.05) is 31.8 Å². The van der Waals surface area contributed by atoms with Gasteiger partial charge >= 0.3 is 0 Å². The third-order valence-electron chi connectivity index (χ3n) is 5.20. The van der Waals surface area contributed by atoms with Crippen molar-refractivity contribution in [1.29, 1.82) is 0 Å². The summed E-state index contributed by atoms with van der Waals surface area (Å²) in [6, 6.07) is 0. The summed E-state index contributed by atoms with van der Waals surface area (Å²) in [7, 11) is 0. The normalized spacial score (nSPS) is 35.6. The van der Waals surface area contributed by atoms with Crippen molar-refractivity contribution in [2.24, 2.45) is 17.8 Å². The zero-order valence-electron chi connectivity index (χ0n) is 12.4. The van der Waals surface area contributed by atoms with Gasteiger partial charge in [-0.25, -0.2) is 0 Å². The highest BCUT2D eigenvalue weighted by atomic mass is 16.7. The molecule has 0 bridgehead atoms. The number of carbonyl (C=O) groups is 1.